The van der Waals surface area contributed by atoms with Crippen LogP contribution >= 0.6 is 23.5 Å². The highest BCUT2D eigenvalue weighted by atomic mass is 32.2. The van der Waals surface area contributed by atoms with Gasteiger partial charge in [-0.3, -0.25) is 4.79 Å². The summed E-state index contributed by atoms with van der Waals surface area (Å²) in [5.41, 5.74) is 0. The van der Waals surface area contributed by atoms with Gasteiger partial charge in [-0.1, -0.05) is 19.3 Å². The molecule has 0 aromatic heterocycles. The van der Waals surface area contributed by atoms with Crippen molar-refractivity contribution in [1.82, 2.24) is 10.6 Å². The molecule has 1 aliphatic heterocycles. The van der Waals surface area contributed by atoms with Crippen molar-refractivity contribution < 1.29 is 4.79 Å². The van der Waals surface area contributed by atoms with E-state index >= 15 is 0 Å². The summed E-state index contributed by atoms with van der Waals surface area (Å²) in [6, 6.07) is 0.438. The van der Waals surface area contributed by atoms with Crippen LogP contribution < -0.4 is 10.6 Å². The molecule has 0 aromatic rings. The molecule has 2 fully saturated rings. The van der Waals surface area contributed by atoms with E-state index in [9.17, 15) is 4.79 Å². The van der Waals surface area contributed by atoms with E-state index in [2.05, 4.69) is 10.6 Å². The molecule has 0 spiro atoms. The second-order valence-electron chi connectivity index (χ2n) is 5.10. The van der Waals surface area contributed by atoms with Crippen molar-refractivity contribution in [3.8, 4) is 0 Å². The van der Waals surface area contributed by atoms with E-state index in [1.54, 1.807) is 0 Å². The van der Waals surface area contributed by atoms with Crippen LogP contribution in [0.1, 0.15) is 32.1 Å². The Morgan fingerprint density at radius 3 is 2.72 bits per heavy atom. The Morgan fingerprint density at radius 2 is 2.00 bits per heavy atom. The Morgan fingerprint density at radius 1 is 1.17 bits per heavy atom. The van der Waals surface area contributed by atoms with E-state index in [1.807, 2.05) is 23.5 Å². The van der Waals surface area contributed by atoms with Gasteiger partial charge in [0.1, 0.15) is 0 Å². The number of nitrogens with one attached hydrogen (secondary N) is 2. The van der Waals surface area contributed by atoms with Crippen molar-refractivity contribution in [1.29, 1.82) is 0 Å². The Kier molecular flexibility index (Phi) is 6.73. The number of rotatable bonds is 5. The van der Waals surface area contributed by atoms with E-state index in [1.165, 1.54) is 49.4 Å². The topological polar surface area (TPSA) is 41.1 Å². The Labute approximate surface area is 119 Å². The van der Waals surface area contributed by atoms with Crippen LogP contribution in [0.4, 0.5) is 0 Å². The third-order valence-electron chi connectivity index (χ3n) is 3.51. The lowest BCUT2D eigenvalue weighted by molar-refractivity contribution is -0.121. The Hall–Kier alpha value is 0.130. The largest absolute Gasteiger partial charge is 0.352 e. The predicted molar refractivity (Wildman–Crippen MR) is 81.5 cm³/mol. The van der Waals surface area contributed by atoms with Gasteiger partial charge in [0.15, 0.2) is 0 Å². The van der Waals surface area contributed by atoms with Crippen LogP contribution in [-0.2, 0) is 4.79 Å². The molecule has 1 aliphatic carbocycles. The van der Waals surface area contributed by atoms with Gasteiger partial charge in [-0.15, -0.1) is 0 Å². The van der Waals surface area contributed by atoms with Crippen LogP contribution in [0.3, 0.4) is 0 Å². The molecule has 3 nitrogen and oxygen atoms in total. The molecule has 0 bridgehead atoms. The van der Waals surface area contributed by atoms with E-state index in [0.29, 0.717) is 17.8 Å². The van der Waals surface area contributed by atoms with Gasteiger partial charge in [0.2, 0.25) is 5.91 Å². The van der Waals surface area contributed by atoms with Crippen LogP contribution in [0.2, 0.25) is 0 Å². The fraction of sp³-hybridized carbons (Fsp3) is 0.923. The second kappa shape index (κ2) is 8.33. The number of hydrogen-bond donors (Lipinski definition) is 2. The van der Waals surface area contributed by atoms with Crippen LogP contribution in [0.25, 0.3) is 0 Å². The fourth-order valence-electron chi connectivity index (χ4n) is 2.53. The number of amides is 1. The van der Waals surface area contributed by atoms with Crippen molar-refractivity contribution in [2.45, 2.75) is 43.4 Å². The fourth-order valence-corrected chi connectivity index (χ4v) is 5.17. The second-order valence-corrected chi connectivity index (χ2v) is 7.66. The van der Waals surface area contributed by atoms with Crippen molar-refractivity contribution in [3.05, 3.63) is 0 Å². The predicted octanol–water partition coefficient (Wildman–Crippen LogP) is 1.87. The maximum atomic E-state index is 11.8. The van der Waals surface area contributed by atoms with Gasteiger partial charge in [0.25, 0.3) is 0 Å². The summed E-state index contributed by atoms with van der Waals surface area (Å²) in [6.45, 7) is 1.45. The van der Waals surface area contributed by atoms with Gasteiger partial charge in [0.05, 0.1) is 6.54 Å². The van der Waals surface area contributed by atoms with E-state index in [0.717, 1.165) is 6.54 Å². The molecule has 104 valence electrons. The smallest absolute Gasteiger partial charge is 0.234 e. The van der Waals surface area contributed by atoms with Crippen molar-refractivity contribution in [3.63, 3.8) is 0 Å². The van der Waals surface area contributed by atoms with Gasteiger partial charge in [-0.05, 0) is 12.8 Å². The summed E-state index contributed by atoms with van der Waals surface area (Å²) < 4.78 is 0. The molecule has 1 atom stereocenters. The van der Waals surface area contributed by atoms with Gasteiger partial charge in [-0.2, -0.15) is 23.5 Å². The minimum absolute atomic E-state index is 0.176. The normalized spacial score (nSPS) is 25.9. The Bertz CT molecular complexity index is 251. The first-order valence-electron chi connectivity index (χ1n) is 7.04. The van der Waals surface area contributed by atoms with Gasteiger partial charge in [-0.25, -0.2) is 0 Å². The summed E-state index contributed by atoms with van der Waals surface area (Å²) in [4.78, 5) is 11.8. The molecule has 18 heavy (non-hydrogen) atoms. The van der Waals surface area contributed by atoms with E-state index in [-0.39, 0.29) is 5.91 Å². The zero-order valence-corrected chi connectivity index (χ0v) is 12.6. The molecule has 2 aliphatic rings. The van der Waals surface area contributed by atoms with Crippen LogP contribution in [-0.4, -0.2) is 47.5 Å². The maximum absolute atomic E-state index is 11.8. The highest BCUT2D eigenvalue weighted by Gasteiger charge is 2.17. The summed E-state index contributed by atoms with van der Waals surface area (Å²) >= 11 is 4.06. The number of carbonyl (C=O) groups excluding carboxylic acids is 1. The summed E-state index contributed by atoms with van der Waals surface area (Å²) in [5.74, 6) is 3.94. The summed E-state index contributed by atoms with van der Waals surface area (Å²) in [5, 5.41) is 7.13. The standard InChI is InChI=1S/C13H24N2OS2/c16-13(15-11-4-2-1-3-5-11)9-14-8-12-10-17-6-7-18-12/h11-12,14H,1-10H2,(H,15,16). The highest BCUT2D eigenvalue weighted by Crippen LogP contribution is 2.23. The zero-order valence-electron chi connectivity index (χ0n) is 11.0. The molecule has 0 aromatic carbocycles. The first kappa shape index (κ1) is 14.5. The number of hydrogen-bond acceptors (Lipinski definition) is 4. The number of carbonyl (C=O) groups is 1. The molecule has 1 unspecified atom stereocenters. The van der Waals surface area contributed by atoms with Gasteiger partial charge < -0.3 is 10.6 Å². The summed E-state index contributed by atoms with van der Waals surface area (Å²) in [6.07, 6.45) is 6.21. The molecule has 1 saturated heterocycles. The first-order chi connectivity index (χ1) is 8.84. The lowest BCUT2D eigenvalue weighted by Gasteiger charge is -2.24. The van der Waals surface area contributed by atoms with Crippen molar-refractivity contribution >= 4 is 29.4 Å². The monoisotopic (exact) mass is 288 g/mol. The Balaban J connectivity index is 1.53. The molecule has 0 radical (unpaired) electrons. The lowest BCUT2D eigenvalue weighted by Crippen LogP contribution is -2.42. The van der Waals surface area contributed by atoms with Gasteiger partial charge in [0, 0.05) is 35.1 Å². The average Bonchev–Trinajstić information content (AvgIpc) is 2.41. The van der Waals surface area contributed by atoms with Crippen LogP contribution in [0.15, 0.2) is 0 Å². The van der Waals surface area contributed by atoms with Gasteiger partial charge >= 0.3 is 0 Å². The minimum atomic E-state index is 0.176. The lowest BCUT2D eigenvalue weighted by atomic mass is 9.95. The third-order valence-corrected chi connectivity index (χ3v) is 6.36. The highest BCUT2D eigenvalue weighted by molar-refractivity contribution is 8.06. The SMILES string of the molecule is O=C(CNCC1CSCCS1)NC1CCCCC1. The third kappa shape index (κ3) is 5.41. The molecule has 2 rings (SSSR count). The van der Waals surface area contributed by atoms with E-state index in [4.69, 9.17) is 0 Å². The molecule has 1 heterocycles. The average molecular weight is 288 g/mol. The quantitative estimate of drug-likeness (QED) is 0.810. The molecular formula is C13H24N2OS2. The molecule has 1 amide bonds. The summed E-state index contributed by atoms with van der Waals surface area (Å²) in [7, 11) is 0. The zero-order chi connectivity index (χ0) is 12.6. The van der Waals surface area contributed by atoms with Crippen molar-refractivity contribution in [2.24, 2.45) is 0 Å². The molecular weight excluding hydrogens is 264 g/mol. The molecule has 2 N–H and O–H groups in total. The van der Waals surface area contributed by atoms with E-state index < -0.39 is 0 Å². The van der Waals surface area contributed by atoms with Crippen molar-refractivity contribution in [2.75, 3.05) is 30.3 Å². The van der Waals surface area contributed by atoms with Crippen LogP contribution in [0.5, 0.6) is 0 Å². The minimum Gasteiger partial charge on any atom is -0.352 e. The molecule has 1 saturated carbocycles. The first-order valence-corrected chi connectivity index (χ1v) is 9.24. The molecule has 5 heteroatoms. The maximum Gasteiger partial charge on any atom is 0.234 e. The number of thioether (sulfide) groups is 2. The van der Waals surface area contributed by atoms with Crippen LogP contribution in [0, 0.1) is 0 Å².